The number of hydrogen-bond acceptors (Lipinski definition) is 3. The minimum atomic E-state index is -0.726. The van der Waals surface area contributed by atoms with Gasteiger partial charge in [0.1, 0.15) is 0 Å². The Hall–Kier alpha value is -1.75. The number of anilines is 1. The summed E-state index contributed by atoms with van der Waals surface area (Å²) >= 11 is 12.4. The number of halogens is 2. The number of benzene rings is 2. The highest BCUT2D eigenvalue weighted by Crippen LogP contribution is 2.36. The smallest absolute Gasteiger partial charge is 0.307 e. The Balaban J connectivity index is 2.00. The van der Waals surface area contributed by atoms with Crippen LogP contribution in [0.1, 0.15) is 30.0 Å². The van der Waals surface area contributed by atoms with Crippen molar-refractivity contribution in [1.82, 2.24) is 4.90 Å². The number of carboxylic acid groups (broad SMARTS) is 1. The van der Waals surface area contributed by atoms with Crippen LogP contribution in [0.2, 0.25) is 10.0 Å². The van der Waals surface area contributed by atoms with Gasteiger partial charge < -0.3 is 10.0 Å². The summed E-state index contributed by atoms with van der Waals surface area (Å²) in [7, 11) is 4.01. The van der Waals surface area contributed by atoms with Crippen molar-refractivity contribution in [2.24, 2.45) is 5.92 Å². The fraction of sp³-hybridized carbons (Fsp3) is 0.381. The molecular weight excluding hydrogens is 383 g/mol. The molecule has 4 nitrogen and oxygen atoms in total. The number of carbonyl (C=O) groups is 1. The third kappa shape index (κ3) is 4.57. The first-order valence-corrected chi connectivity index (χ1v) is 9.81. The lowest BCUT2D eigenvalue weighted by molar-refractivity contribution is -0.143. The Morgan fingerprint density at radius 1 is 1.11 bits per heavy atom. The summed E-state index contributed by atoms with van der Waals surface area (Å²) in [5, 5.41) is 10.5. The number of likely N-dealkylation sites (tertiary alicyclic amines) is 1. The maximum absolute atomic E-state index is 11.5. The normalized spacial score (nSPS) is 18.9. The standard InChI is InChI=1S/C21H24Cl2N2O2/c1-24(2)17-8-5-14(6-9-17)20(15-7-10-18(22)19(23)12-15)25-11-3-4-16(13-25)21(26)27/h5-10,12,16,20H,3-4,11,13H2,1-2H3,(H,26,27). The molecule has 6 heteroatoms. The highest BCUT2D eigenvalue weighted by atomic mass is 35.5. The third-order valence-corrected chi connectivity index (χ3v) is 5.89. The van der Waals surface area contributed by atoms with Gasteiger partial charge in [-0.25, -0.2) is 0 Å². The van der Waals surface area contributed by atoms with E-state index in [2.05, 4.69) is 34.1 Å². The van der Waals surface area contributed by atoms with Crippen LogP contribution < -0.4 is 4.90 Å². The van der Waals surface area contributed by atoms with Crippen LogP contribution in [0.3, 0.4) is 0 Å². The topological polar surface area (TPSA) is 43.8 Å². The molecule has 1 N–H and O–H groups in total. The summed E-state index contributed by atoms with van der Waals surface area (Å²) in [4.78, 5) is 15.8. The SMILES string of the molecule is CN(C)c1ccc(C(c2ccc(Cl)c(Cl)c2)N2CCCC(C(=O)O)C2)cc1. The molecule has 0 saturated carbocycles. The molecule has 1 aliphatic rings. The van der Waals surface area contributed by atoms with E-state index in [1.165, 1.54) is 0 Å². The molecule has 2 aromatic rings. The first-order valence-electron chi connectivity index (χ1n) is 9.06. The van der Waals surface area contributed by atoms with E-state index in [0.717, 1.165) is 36.2 Å². The number of aliphatic carboxylic acids is 1. The quantitative estimate of drug-likeness (QED) is 0.762. The van der Waals surface area contributed by atoms with Crippen LogP contribution in [0, 0.1) is 5.92 Å². The van der Waals surface area contributed by atoms with Gasteiger partial charge in [0.05, 0.1) is 22.0 Å². The number of rotatable bonds is 5. The van der Waals surface area contributed by atoms with Crippen molar-refractivity contribution in [2.75, 3.05) is 32.1 Å². The van der Waals surface area contributed by atoms with Gasteiger partial charge in [0.15, 0.2) is 0 Å². The summed E-state index contributed by atoms with van der Waals surface area (Å²) in [5.41, 5.74) is 3.26. The van der Waals surface area contributed by atoms with E-state index in [1.807, 2.05) is 26.2 Å². The molecule has 1 heterocycles. The van der Waals surface area contributed by atoms with Crippen LogP contribution in [-0.4, -0.2) is 43.2 Å². The van der Waals surface area contributed by atoms with Crippen molar-refractivity contribution < 1.29 is 9.90 Å². The van der Waals surface area contributed by atoms with Crippen molar-refractivity contribution in [2.45, 2.75) is 18.9 Å². The molecule has 1 saturated heterocycles. The zero-order valence-electron chi connectivity index (χ0n) is 15.5. The molecule has 1 aliphatic heterocycles. The Bertz CT molecular complexity index is 808. The molecule has 2 atom stereocenters. The van der Waals surface area contributed by atoms with Gasteiger partial charge in [-0.1, -0.05) is 41.4 Å². The molecule has 0 amide bonds. The largest absolute Gasteiger partial charge is 0.481 e. The summed E-state index contributed by atoms with van der Waals surface area (Å²) < 4.78 is 0. The van der Waals surface area contributed by atoms with E-state index in [-0.39, 0.29) is 12.0 Å². The van der Waals surface area contributed by atoms with Crippen molar-refractivity contribution in [1.29, 1.82) is 0 Å². The lowest BCUT2D eigenvalue weighted by Crippen LogP contribution is -2.41. The molecule has 0 aromatic heterocycles. The second kappa shape index (κ2) is 8.51. The molecule has 2 unspecified atom stereocenters. The molecule has 0 spiro atoms. The average Bonchev–Trinajstić information content (AvgIpc) is 2.65. The second-order valence-corrected chi connectivity index (χ2v) is 8.05. The molecular formula is C21H24Cl2N2O2. The molecule has 144 valence electrons. The fourth-order valence-corrected chi connectivity index (χ4v) is 4.00. The molecule has 0 radical (unpaired) electrons. The Morgan fingerprint density at radius 2 is 1.78 bits per heavy atom. The minimum Gasteiger partial charge on any atom is -0.481 e. The molecule has 0 aliphatic carbocycles. The zero-order chi connectivity index (χ0) is 19.6. The summed E-state index contributed by atoms with van der Waals surface area (Å²) in [6.45, 7) is 1.37. The van der Waals surface area contributed by atoms with E-state index in [1.54, 1.807) is 6.07 Å². The van der Waals surface area contributed by atoms with Gasteiger partial charge in [-0.05, 0) is 54.8 Å². The molecule has 0 bridgehead atoms. The Labute approximate surface area is 170 Å². The van der Waals surface area contributed by atoms with E-state index < -0.39 is 5.97 Å². The first kappa shape index (κ1) is 20.0. The second-order valence-electron chi connectivity index (χ2n) is 7.23. The van der Waals surface area contributed by atoms with E-state index in [0.29, 0.717) is 16.6 Å². The monoisotopic (exact) mass is 406 g/mol. The number of hydrogen-bond donors (Lipinski definition) is 1. The summed E-state index contributed by atoms with van der Waals surface area (Å²) in [5.74, 6) is -1.07. The van der Waals surface area contributed by atoms with E-state index >= 15 is 0 Å². The van der Waals surface area contributed by atoms with Gasteiger partial charge in [-0.3, -0.25) is 9.69 Å². The van der Waals surface area contributed by atoms with Crippen molar-refractivity contribution in [3.63, 3.8) is 0 Å². The van der Waals surface area contributed by atoms with Crippen LogP contribution in [0.4, 0.5) is 5.69 Å². The molecule has 1 fully saturated rings. The van der Waals surface area contributed by atoms with Gasteiger partial charge in [-0.2, -0.15) is 0 Å². The van der Waals surface area contributed by atoms with Crippen LogP contribution in [0.25, 0.3) is 0 Å². The minimum absolute atomic E-state index is 0.0573. The van der Waals surface area contributed by atoms with Crippen LogP contribution in [-0.2, 0) is 4.79 Å². The van der Waals surface area contributed by atoms with Crippen molar-refractivity contribution >= 4 is 34.9 Å². The Kier molecular flexibility index (Phi) is 6.30. The van der Waals surface area contributed by atoms with E-state index in [9.17, 15) is 9.90 Å². The van der Waals surface area contributed by atoms with Gasteiger partial charge in [-0.15, -0.1) is 0 Å². The van der Waals surface area contributed by atoms with Gasteiger partial charge in [0, 0.05) is 26.3 Å². The zero-order valence-corrected chi connectivity index (χ0v) is 17.0. The highest BCUT2D eigenvalue weighted by Gasteiger charge is 2.31. The predicted molar refractivity (Wildman–Crippen MR) is 111 cm³/mol. The van der Waals surface area contributed by atoms with E-state index in [4.69, 9.17) is 23.2 Å². The number of piperidine rings is 1. The Morgan fingerprint density at radius 3 is 2.37 bits per heavy atom. The van der Waals surface area contributed by atoms with Gasteiger partial charge >= 0.3 is 5.97 Å². The lowest BCUT2D eigenvalue weighted by atomic mass is 9.91. The first-order chi connectivity index (χ1) is 12.9. The van der Waals surface area contributed by atoms with Crippen LogP contribution in [0.5, 0.6) is 0 Å². The van der Waals surface area contributed by atoms with Crippen LogP contribution >= 0.6 is 23.2 Å². The molecule has 27 heavy (non-hydrogen) atoms. The molecule has 3 rings (SSSR count). The van der Waals surface area contributed by atoms with Crippen LogP contribution in [0.15, 0.2) is 42.5 Å². The number of carboxylic acids is 1. The van der Waals surface area contributed by atoms with Gasteiger partial charge in [0.2, 0.25) is 0 Å². The summed E-state index contributed by atoms with van der Waals surface area (Å²) in [6, 6.07) is 14.0. The van der Waals surface area contributed by atoms with Crippen molar-refractivity contribution in [3.8, 4) is 0 Å². The number of nitrogens with zero attached hydrogens (tertiary/aromatic N) is 2. The maximum atomic E-state index is 11.5. The lowest BCUT2D eigenvalue weighted by Gasteiger charge is -2.37. The van der Waals surface area contributed by atoms with Crippen molar-refractivity contribution in [3.05, 3.63) is 63.6 Å². The maximum Gasteiger partial charge on any atom is 0.307 e. The summed E-state index contributed by atoms with van der Waals surface area (Å²) in [6.07, 6.45) is 1.59. The third-order valence-electron chi connectivity index (χ3n) is 5.15. The average molecular weight is 407 g/mol. The molecule has 2 aromatic carbocycles. The van der Waals surface area contributed by atoms with Gasteiger partial charge in [0.25, 0.3) is 0 Å². The fourth-order valence-electron chi connectivity index (χ4n) is 3.69. The predicted octanol–water partition coefficient (Wildman–Crippen LogP) is 4.95. The highest BCUT2D eigenvalue weighted by molar-refractivity contribution is 6.42.